The highest BCUT2D eigenvalue weighted by molar-refractivity contribution is 7.92. The summed E-state index contributed by atoms with van der Waals surface area (Å²) < 4.78 is 33.0. The zero-order valence-corrected chi connectivity index (χ0v) is 20.1. The van der Waals surface area contributed by atoms with Crippen molar-refractivity contribution in [3.8, 4) is 5.75 Å². The van der Waals surface area contributed by atoms with Crippen LogP contribution in [0.4, 0.5) is 5.69 Å². The largest absolute Gasteiger partial charge is 0.497 e. The Bertz CT molecular complexity index is 1150. The number of nitrogens with one attached hydrogen (secondary N) is 1. The number of rotatable bonds is 10. The molecule has 3 aromatic rings. The number of anilines is 1. The van der Waals surface area contributed by atoms with Crippen molar-refractivity contribution in [2.45, 2.75) is 30.7 Å². The Labute approximate surface area is 200 Å². The molecule has 0 aliphatic rings. The molecule has 0 unspecified atom stereocenters. The topological polar surface area (TPSA) is 75.7 Å². The van der Waals surface area contributed by atoms with E-state index in [0.717, 1.165) is 17.1 Å². The molecule has 174 valence electrons. The maximum absolute atomic E-state index is 13.4. The molecule has 0 radical (unpaired) electrons. The molecule has 1 N–H and O–H groups in total. The van der Waals surface area contributed by atoms with E-state index in [4.69, 9.17) is 16.3 Å². The summed E-state index contributed by atoms with van der Waals surface area (Å²) in [5, 5.41) is 3.38. The summed E-state index contributed by atoms with van der Waals surface area (Å²) in [6, 6.07) is 22.3. The van der Waals surface area contributed by atoms with Crippen LogP contribution in [-0.2, 0) is 21.2 Å². The lowest BCUT2D eigenvalue weighted by Gasteiger charge is -2.25. The van der Waals surface area contributed by atoms with Crippen molar-refractivity contribution in [2.24, 2.45) is 0 Å². The van der Waals surface area contributed by atoms with E-state index in [1.165, 1.54) is 24.8 Å². The number of sulfonamides is 1. The number of carbonyl (C=O) groups excluding carboxylic acids is 1. The van der Waals surface area contributed by atoms with Gasteiger partial charge in [0.15, 0.2) is 0 Å². The predicted octanol–water partition coefficient (Wildman–Crippen LogP) is 4.68. The van der Waals surface area contributed by atoms with Crippen LogP contribution in [0.2, 0.25) is 5.02 Å². The van der Waals surface area contributed by atoms with Gasteiger partial charge < -0.3 is 10.1 Å². The van der Waals surface area contributed by atoms with Crippen molar-refractivity contribution in [1.82, 2.24) is 5.32 Å². The SMILES string of the molecule is COc1ccc(S(=O)(=O)N(CC(=O)N[C@@H](C)CCc2ccccc2)c2ccc(Cl)cc2)cc1. The number of benzene rings is 3. The fourth-order valence-corrected chi connectivity index (χ4v) is 4.90. The lowest BCUT2D eigenvalue weighted by atomic mass is 10.1. The molecule has 8 heteroatoms. The van der Waals surface area contributed by atoms with Crippen LogP contribution in [0, 0.1) is 0 Å². The number of halogens is 1. The van der Waals surface area contributed by atoms with Gasteiger partial charge in [-0.2, -0.15) is 0 Å². The number of aryl methyl sites for hydroxylation is 1. The molecule has 3 aromatic carbocycles. The molecule has 3 rings (SSSR count). The van der Waals surface area contributed by atoms with E-state index in [1.807, 2.05) is 37.3 Å². The number of ether oxygens (including phenoxy) is 1. The summed E-state index contributed by atoms with van der Waals surface area (Å²) in [5.74, 6) is 0.152. The quantitative estimate of drug-likeness (QED) is 0.451. The van der Waals surface area contributed by atoms with E-state index in [2.05, 4.69) is 5.32 Å². The first-order valence-corrected chi connectivity index (χ1v) is 12.4. The van der Waals surface area contributed by atoms with Crippen molar-refractivity contribution in [3.05, 3.63) is 89.4 Å². The maximum atomic E-state index is 13.4. The van der Waals surface area contributed by atoms with Crippen LogP contribution in [-0.4, -0.2) is 34.0 Å². The number of hydrogen-bond acceptors (Lipinski definition) is 4. The van der Waals surface area contributed by atoms with E-state index < -0.39 is 10.0 Å². The van der Waals surface area contributed by atoms with E-state index in [1.54, 1.807) is 36.4 Å². The Morgan fingerprint density at radius 3 is 2.24 bits per heavy atom. The highest BCUT2D eigenvalue weighted by Crippen LogP contribution is 2.26. The molecule has 0 saturated carbocycles. The zero-order valence-electron chi connectivity index (χ0n) is 18.6. The third kappa shape index (κ3) is 6.73. The van der Waals surface area contributed by atoms with Crippen LogP contribution < -0.4 is 14.4 Å². The zero-order chi connectivity index (χ0) is 23.8. The van der Waals surface area contributed by atoms with Crippen LogP contribution in [0.3, 0.4) is 0 Å². The molecule has 0 aromatic heterocycles. The fraction of sp³-hybridized carbons (Fsp3) is 0.240. The van der Waals surface area contributed by atoms with Crippen molar-refractivity contribution >= 4 is 33.2 Å². The Balaban J connectivity index is 1.76. The van der Waals surface area contributed by atoms with Gasteiger partial charge in [-0.3, -0.25) is 9.10 Å². The van der Waals surface area contributed by atoms with Crippen LogP contribution in [0.15, 0.2) is 83.8 Å². The molecule has 0 bridgehead atoms. The van der Waals surface area contributed by atoms with E-state index >= 15 is 0 Å². The normalized spacial score (nSPS) is 12.1. The minimum atomic E-state index is -4.00. The molecule has 0 spiro atoms. The molecule has 0 aliphatic carbocycles. The molecule has 1 amide bonds. The summed E-state index contributed by atoms with van der Waals surface area (Å²) in [5.41, 5.74) is 1.53. The van der Waals surface area contributed by atoms with Gasteiger partial charge in [0.1, 0.15) is 12.3 Å². The van der Waals surface area contributed by atoms with Gasteiger partial charge in [-0.05, 0) is 73.9 Å². The molecule has 0 saturated heterocycles. The predicted molar refractivity (Wildman–Crippen MR) is 131 cm³/mol. The van der Waals surface area contributed by atoms with Gasteiger partial charge in [-0.25, -0.2) is 8.42 Å². The average Bonchev–Trinajstić information content (AvgIpc) is 2.82. The Hall–Kier alpha value is -3.03. The minimum Gasteiger partial charge on any atom is -0.497 e. The number of nitrogens with zero attached hydrogens (tertiary/aromatic N) is 1. The summed E-state index contributed by atoms with van der Waals surface area (Å²) in [6.45, 7) is 1.55. The second-order valence-corrected chi connectivity index (χ2v) is 9.96. The number of carbonyl (C=O) groups is 1. The van der Waals surface area contributed by atoms with E-state index in [-0.39, 0.29) is 23.4 Å². The molecule has 0 aliphatic heterocycles. The van der Waals surface area contributed by atoms with Gasteiger partial charge in [0, 0.05) is 11.1 Å². The van der Waals surface area contributed by atoms with Gasteiger partial charge in [0.2, 0.25) is 5.91 Å². The van der Waals surface area contributed by atoms with Crippen molar-refractivity contribution in [3.63, 3.8) is 0 Å². The minimum absolute atomic E-state index is 0.0585. The molecule has 33 heavy (non-hydrogen) atoms. The first-order valence-electron chi connectivity index (χ1n) is 10.6. The lowest BCUT2D eigenvalue weighted by Crippen LogP contribution is -2.43. The number of methoxy groups -OCH3 is 1. The summed E-state index contributed by atoms with van der Waals surface area (Å²) in [7, 11) is -2.50. The van der Waals surface area contributed by atoms with Gasteiger partial charge in [-0.1, -0.05) is 41.9 Å². The molecule has 0 fully saturated rings. The first kappa shape index (κ1) is 24.6. The monoisotopic (exact) mass is 486 g/mol. The number of amides is 1. The summed E-state index contributed by atoms with van der Waals surface area (Å²) >= 11 is 5.98. The molecular formula is C25H27ClN2O4S. The highest BCUT2D eigenvalue weighted by atomic mass is 35.5. The van der Waals surface area contributed by atoms with Gasteiger partial charge in [0.05, 0.1) is 17.7 Å². The fourth-order valence-electron chi connectivity index (χ4n) is 3.35. The van der Waals surface area contributed by atoms with Crippen LogP contribution in [0.25, 0.3) is 0 Å². The number of hydrogen-bond donors (Lipinski definition) is 1. The molecular weight excluding hydrogens is 460 g/mol. The smallest absolute Gasteiger partial charge is 0.264 e. The Kier molecular flexibility index (Phi) is 8.36. The standard InChI is InChI=1S/C25H27ClN2O4S/c1-19(8-9-20-6-4-3-5-7-20)27-25(29)18-28(22-12-10-21(26)11-13-22)33(30,31)24-16-14-23(32-2)15-17-24/h3-7,10-17,19H,8-9,18H2,1-2H3,(H,27,29)/t19-/m0/s1. The summed E-state index contributed by atoms with van der Waals surface area (Å²) in [6.07, 6.45) is 1.55. The van der Waals surface area contributed by atoms with Gasteiger partial charge in [0.25, 0.3) is 10.0 Å². The third-order valence-corrected chi connectivity index (χ3v) is 7.21. The van der Waals surface area contributed by atoms with Crippen LogP contribution in [0.5, 0.6) is 5.75 Å². The second-order valence-electron chi connectivity index (χ2n) is 7.66. The van der Waals surface area contributed by atoms with Crippen LogP contribution in [0.1, 0.15) is 18.9 Å². The Morgan fingerprint density at radius 1 is 1.00 bits per heavy atom. The second kappa shape index (κ2) is 11.2. The highest BCUT2D eigenvalue weighted by Gasteiger charge is 2.27. The maximum Gasteiger partial charge on any atom is 0.264 e. The van der Waals surface area contributed by atoms with Crippen LogP contribution >= 0.6 is 11.6 Å². The average molecular weight is 487 g/mol. The molecule has 6 nitrogen and oxygen atoms in total. The summed E-state index contributed by atoms with van der Waals surface area (Å²) in [4.78, 5) is 12.9. The van der Waals surface area contributed by atoms with Gasteiger partial charge in [-0.15, -0.1) is 0 Å². The van der Waals surface area contributed by atoms with E-state index in [9.17, 15) is 13.2 Å². The van der Waals surface area contributed by atoms with Crippen molar-refractivity contribution < 1.29 is 17.9 Å². The molecule has 0 heterocycles. The first-order chi connectivity index (χ1) is 15.8. The molecule has 1 atom stereocenters. The third-order valence-electron chi connectivity index (χ3n) is 5.17. The lowest BCUT2D eigenvalue weighted by molar-refractivity contribution is -0.120. The van der Waals surface area contributed by atoms with Crippen molar-refractivity contribution in [2.75, 3.05) is 18.0 Å². The van der Waals surface area contributed by atoms with Crippen molar-refractivity contribution in [1.29, 1.82) is 0 Å². The Morgan fingerprint density at radius 2 is 1.64 bits per heavy atom. The van der Waals surface area contributed by atoms with E-state index in [0.29, 0.717) is 16.5 Å². The van der Waals surface area contributed by atoms with Gasteiger partial charge >= 0.3 is 0 Å².